The Hall–Kier alpha value is -3.45. The summed E-state index contributed by atoms with van der Waals surface area (Å²) in [6.45, 7) is 0. The zero-order chi connectivity index (χ0) is 21.1. The summed E-state index contributed by atoms with van der Waals surface area (Å²) < 4.78 is 1.44. The van der Waals surface area contributed by atoms with E-state index in [1.165, 1.54) is 52.0 Å². The van der Waals surface area contributed by atoms with E-state index in [2.05, 4.69) is 103 Å². The van der Waals surface area contributed by atoms with Crippen molar-refractivity contribution in [1.29, 1.82) is 0 Å². The van der Waals surface area contributed by atoms with Crippen LogP contribution in [0.5, 0.6) is 0 Å². The third-order valence-electron chi connectivity index (χ3n) is 6.28. The Labute approximate surface area is 190 Å². The van der Waals surface area contributed by atoms with E-state index in [9.17, 15) is 0 Å². The molecule has 7 aromatic rings. The highest BCUT2D eigenvalue weighted by molar-refractivity contribution is 7.73. The Morgan fingerprint density at radius 2 is 1.28 bits per heavy atom. The van der Waals surface area contributed by atoms with Crippen LogP contribution in [0.4, 0.5) is 0 Å². The molecule has 0 bridgehead atoms. The molecule has 3 aromatic heterocycles. The highest BCUT2D eigenvalue weighted by atomic mass is 32.1. The van der Waals surface area contributed by atoms with Crippen molar-refractivity contribution < 1.29 is 0 Å². The van der Waals surface area contributed by atoms with Crippen LogP contribution in [0.15, 0.2) is 109 Å². The lowest BCUT2D eigenvalue weighted by Gasteiger charge is -2.04. The topological polar surface area (TPSA) is 12.9 Å². The largest absolute Gasteiger partial charge is 0.255 e. The SMILES string of the molecule is c1ccc2c(-c3ccc(-p4c5ccccc5c5c6ccccc6ccc54)s3)nccc2c1. The first-order valence-electron chi connectivity index (χ1n) is 10.7. The molecule has 4 aromatic carbocycles. The van der Waals surface area contributed by atoms with Crippen molar-refractivity contribution in [3.8, 4) is 15.2 Å². The first-order chi connectivity index (χ1) is 15.9. The van der Waals surface area contributed by atoms with E-state index in [-0.39, 0.29) is 0 Å². The molecule has 0 aliphatic heterocycles. The van der Waals surface area contributed by atoms with Crippen molar-refractivity contribution in [2.24, 2.45) is 0 Å². The molecule has 7 rings (SSSR count). The minimum Gasteiger partial charge on any atom is -0.255 e. The van der Waals surface area contributed by atoms with Crippen molar-refractivity contribution in [3.63, 3.8) is 0 Å². The molecule has 0 amide bonds. The van der Waals surface area contributed by atoms with Gasteiger partial charge >= 0.3 is 0 Å². The van der Waals surface area contributed by atoms with Crippen molar-refractivity contribution in [2.45, 2.75) is 0 Å². The zero-order valence-electron chi connectivity index (χ0n) is 17.2. The van der Waals surface area contributed by atoms with Crippen LogP contribution in [-0.2, 0) is 0 Å². The molecule has 3 heterocycles. The van der Waals surface area contributed by atoms with Crippen LogP contribution in [-0.4, -0.2) is 4.98 Å². The number of nitrogens with zero attached hydrogens (tertiary/aromatic N) is 1. The summed E-state index contributed by atoms with van der Waals surface area (Å²) in [6.07, 6.45) is 1.93. The van der Waals surface area contributed by atoms with Gasteiger partial charge in [0.2, 0.25) is 0 Å². The van der Waals surface area contributed by atoms with E-state index in [1.807, 2.05) is 17.5 Å². The molecule has 0 spiro atoms. The predicted molar refractivity (Wildman–Crippen MR) is 142 cm³/mol. The Morgan fingerprint density at radius 1 is 0.562 bits per heavy atom. The van der Waals surface area contributed by atoms with Crippen LogP contribution in [0.25, 0.3) is 57.7 Å². The van der Waals surface area contributed by atoms with E-state index in [4.69, 9.17) is 4.98 Å². The van der Waals surface area contributed by atoms with E-state index >= 15 is 0 Å². The molecule has 0 radical (unpaired) electrons. The second-order valence-electron chi connectivity index (χ2n) is 8.05. The van der Waals surface area contributed by atoms with Gasteiger partial charge in [-0.2, -0.15) is 0 Å². The molecule has 0 N–H and O–H groups in total. The van der Waals surface area contributed by atoms with Gasteiger partial charge in [0.25, 0.3) is 0 Å². The van der Waals surface area contributed by atoms with Crippen molar-refractivity contribution in [1.82, 2.24) is 4.98 Å². The Bertz CT molecular complexity index is 1780. The van der Waals surface area contributed by atoms with Gasteiger partial charge in [-0.3, -0.25) is 4.98 Å². The summed E-state index contributed by atoms with van der Waals surface area (Å²) in [4.78, 5) is 6.01. The maximum Gasteiger partial charge on any atom is 0.0880 e. The summed E-state index contributed by atoms with van der Waals surface area (Å²) in [5.41, 5.74) is 1.08. The Balaban J connectivity index is 1.52. The lowest BCUT2D eigenvalue weighted by molar-refractivity contribution is 1.37. The molecule has 0 aliphatic rings. The molecular weight excluding hydrogens is 425 g/mol. The van der Waals surface area contributed by atoms with Gasteiger partial charge in [0.05, 0.1) is 15.2 Å². The molecular formula is C29H18NPS. The van der Waals surface area contributed by atoms with E-state index in [1.54, 1.807) is 0 Å². The lowest BCUT2D eigenvalue weighted by atomic mass is 10.0. The van der Waals surface area contributed by atoms with Gasteiger partial charge in [-0.25, -0.2) is 0 Å². The van der Waals surface area contributed by atoms with Gasteiger partial charge in [0.1, 0.15) is 0 Å². The number of fused-ring (bicyclic) bond motifs is 6. The number of hydrogen-bond acceptors (Lipinski definition) is 2. The standard InChI is InChI=1S/C29H18NPS/c1-3-9-21-19(7-1)13-14-25-28(21)23-11-5-6-12-24(23)31(25)27-16-15-26(32-27)29-22-10-4-2-8-20(22)17-18-30-29/h1-18H. The Kier molecular flexibility index (Phi) is 3.99. The summed E-state index contributed by atoms with van der Waals surface area (Å²) in [5.74, 6) is 0. The molecule has 1 atom stereocenters. The smallest absolute Gasteiger partial charge is 0.0880 e. The molecule has 0 aliphatic carbocycles. The van der Waals surface area contributed by atoms with Gasteiger partial charge in [-0.15, -0.1) is 11.3 Å². The summed E-state index contributed by atoms with van der Waals surface area (Å²) in [5, 5.41) is 10.9. The van der Waals surface area contributed by atoms with Gasteiger partial charge in [0, 0.05) is 27.2 Å². The monoisotopic (exact) mass is 443 g/mol. The van der Waals surface area contributed by atoms with Crippen LogP contribution < -0.4 is 0 Å². The number of rotatable bonds is 2. The first kappa shape index (κ1) is 18.2. The fourth-order valence-corrected chi connectivity index (χ4v) is 9.18. The second-order valence-corrected chi connectivity index (χ2v) is 11.6. The number of aromatic nitrogens is 1. The van der Waals surface area contributed by atoms with E-state index in [0.29, 0.717) is 0 Å². The van der Waals surface area contributed by atoms with Crippen LogP contribution in [0.1, 0.15) is 0 Å². The van der Waals surface area contributed by atoms with Gasteiger partial charge in [-0.05, 0) is 51.9 Å². The maximum absolute atomic E-state index is 4.76. The first-order valence-corrected chi connectivity index (χ1v) is 12.9. The molecule has 1 unspecified atom stereocenters. The summed E-state index contributed by atoms with van der Waals surface area (Å²) in [6, 6.07) is 37.6. The molecule has 3 heteroatoms. The molecule has 1 nitrogen and oxygen atoms in total. The van der Waals surface area contributed by atoms with Gasteiger partial charge < -0.3 is 0 Å². The van der Waals surface area contributed by atoms with Crippen LogP contribution in [0, 0.1) is 0 Å². The molecule has 150 valence electrons. The number of hydrogen-bond donors (Lipinski definition) is 0. The van der Waals surface area contributed by atoms with E-state index < -0.39 is 7.53 Å². The molecule has 0 saturated carbocycles. The van der Waals surface area contributed by atoms with Crippen molar-refractivity contribution >= 4 is 61.4 Å². The molecule has 32 heavy (non-hydrogen) atoms. The average Bonchev–Trinajstić information content (AvgIpc) is 3.46. The average molecular weight is 444 g/mol. The normalized spacial score (nSPS) is 12.3. The fraction of sp³-hybridized carbons (Fsp3) is 0. The Morgan fingerprint density at radius 3 is 2.16 bits per heavy atom. The highest BCUT2D eigenvalue weighted by Crippen LogP contribution is 2.58. The predicted octanol–water partition coefficient (Wildman–Crippen LogP) is 9.40. The zero-order valence-corrected chi connectivity index (χ0v) is 18.9. The number of benzene rings is 4. The second kappa shape index (κ2) is 7.03. The maximum atomic E-state index is 4.76. The minimum atomic E-state index is -0.567. The van der Waals surface area contributed by atoms with Crippen molar-refractivity contribution in [2.75, 3.05) is 0 Å². The summed E-state index contributed by atoms with van der Waals surface area (Å²) in [7, 11) is -0.567. The molecule has 0 fully saturated rings. The summed E-state index contributed by atoms with van der Waals surface area (Å²) >= 11 is 1.90. The van der Waals surface area contributed by atoms with Crippen LogP contribution in [0.2, 0.25) is 0 Å². The lowest BCUT2D eigenvalue weighted by Crippen LogP contribution is -1.82. The molecule has 0 saturated heterocycles. The van der Waals surface area contributed by atoms with Gasteiger partial charge in [-0.1, -0.05) is 80.3 Å². The highest BCUT2D eigenvalue weighted by Gasteiger charge is 2.17. The third kappa shape index (κ3) is 2.61. The van der Waals surface area contributed by atoms with Crippen molar-refractivity contribution in [3.05, 3.63) is 109 Å². The fourth-order valence-electron chi connectivity index (χ4n) is 4.87. The third-order valence-corrected chi connectivity index (χ3v) is 10.3. The van der Waals surface area contributed by atoms with Gasteiger partial charge in [0.15, 0.2) is 0 Å². The minimum absolute atomic E-state index is 0.567. The van der Waals surface area contributed by atoms with E-state index in [0.717, 1.165) is 5.69 Å². The quantitative estimate of drug-likeness (QED) is 0.259. The number of pyridine rings is 1. The van der Waals surface area contributed by atoms with Crippen LogP contribution in [0.3, 0.4) is 0 Å². The number of thiophene rings is 1. The van der Waals surface area contributed by atoms with Crippen LogP contribution >= 0.6 is 18.9 Å².